The molecule has 19 heavy (non-hydrogen) atoms. The lowest BCUT2D eigenvalue weighted by molar-refractivity contribution is 0.567. The Morgan fingerprint density at radius 2 is 2.21 bits per heavy atom. The Labute approximate surface area is 127 Å². The van der Waals surface area contributed by atoms with Crippen LogP contribution in [0, 0.1) is 6.92 Å². The van der Waals surface area contributed by atoms with Crippen LogP contribution in [0.4, 0.5) is 0 Å². The summed E-state index contributed by atoms with van der Waals surface area (Å²) in [5.74, 6) is 0. The zero-order chi connectivity index (χ0) is 14.0. The quantitative estimate of drug-likeness (QED) is 0.899. The molecule has 2 heterocycles. The molecule has 0 aromatic carbocycles. The number of likely N-dealkylation sites (N-methyl/N-ethyl adjacent to an activating group) is 1. The average Bonchev–Trinajstić information content (AvgIpc) is 2.92. The smallest absolute Gasteiger partial charge is 0.0766 e. The van der Waals surface area contributed by atoms with Crippen molar-refractivity contribution in [2.75, 3.05) is 7.05 Å². The van der Waals surface area contributed by atoms with Gasteiger partial charge in [0.05, 0.1) is 15.9 Å². The average molecular weight is 342 g/mol. The minimum Gasteiger partial charge on any atom is -0.312 e. The predicted octanol–water partition coefficient (Wildman–Crippen LogP) is 3.62. The number of nitrogens with zero attached hydrogens (tertiary/aromatic N) is 2. The lowest BCUT2D eigenvalue weighted by Crippen LogP contribution is -2.19. The van der Waals surface area contributed by atoms with Gasteiger partial charge in [0.2, 0.25) is 0 Å². The second kappa shape index (κ2) is 6.20. The second-order valence-corrected chi connectivity index (χ2v) is 6.79. The molecule has 1 atom stereocenters. The number of hydrogen-bond acceptors (Lipinski definition) is 3. The Bertz CT molecular complexity index is 559. The van der Waals surface area contributed by atoms with E-state index in [2.05, 4.69) is 52.3 Å². The molecule has 0 saturated carbocycles. The molecular weight excluding hydrogens is 322 g/mol. The van der Waals surface area contributed by atoms with Gasteiger partial charge in [-0.15, -0.1) is 11.3 Å². The van der Waals surface area contributed by atoms with Crippen molar-refractivity contribution in [3.05, 3.63) is 37.7 Å². The standard InChI is InChI=1S/C14H20BrN3S/c1-5-10-14(15)12(18(4)17-10)8-11(16-3)13-7-6-9(2)19-13/h6-7,11,16H,5,8H2,1-4H3. The fraction of sp³-hybridized carbons (Fsp3) is 0.500. The van der Waals surface area contributed by atoms with Crippen LogP contribution in [-0.2, 0) is 19.9 Å². The number of nitrogens with one attached hydrogen (secondary N) is 1. The normalized spacial score (nSPS) is 12.9. The van der Waals surface area contributed by atoms with E-state index in [1.165, 1.54) is 15.4 Å². The van der Waals surface area contributed by atoms with Crippen LogP contribution in [0.25, 0.3) is 0 Å². The molecule has 1 N–H and O–H groups in total. The lowest BCUT2D eigenvalue weighted by Gasteiger charge is -2.15. The summed E-state index contributed by atoms with van der Waals surface area (Å²) in [6.45, 7) is 4.28. The molecule has 0 aliphatic carbocycles. The topological polar surface area (TPSA) is 29.9 Å². The number of aromatic nitrogens is 2. The van der Waals surface area contributed by atoms with Gasteiger partial charge in [-0.3, -0.25) is 4.68 Å². The summed E-state index contributed by atoms with van der Waals surface area (Å²) in [6, 6.07) is 4.74. The molecule has 2 aromatic heterocycles. The van der Waals surface area contributed by atoms with Crippen molar-refractivity contribution in [3.8, 4) is 0 Å². The Hall–Kier alpha value is -0.650. The second-order valence-electron chi connectivity index (χ2n) is 4.68. The Balaban J connectivity index is 2.26. The van der Waals surface area contributed by atoms with E-state index in [1.54, 1.807) is 0 Å². The molecule has 3 nitrogen and oxygen atoms in total. The fourth-order valence-electron chi connectivity index (χ4n) is 2.22. The van der Waals surface area contributed by atoms with Crippen molar-refractivity contribution in [2.24, 2.45) is 7.05 Å². The van der Waals surface area contributed by atoms with Crippen LogP contribution in [0.5, 0.6) is 0 Å². The van der Waals surface area contributed by atoms with Crippen LogP contribution in [0.1, 0.15) is 34.1 Å². The largest absolute Gasteiger partial charge is 0.312 e. The lowest BCUT2D eigenvalue weighted by atomic mass is 10.1. The highest BCUT2D eigenvalue weighted by Gasteiger charge is 2.18. The van der Waals surface area contributed by atoms with E-state index >= 15 is 0 Å². The zero-order valence-electron chi connectivity index (χ0n) is 11.8. The molecule has 0 fully saturated rings. The third-order valence-corrected chi connectivity index (χ3v) is 5.38. The minimum atomic E-state index is 0.343. The molecule has 0 saturated heterocycles. The van der Waals surface area contributed by atoms with E-state index in [9.17, 15) is 0 Å². The maximum absolute atomic E-state index is 4.56. The molecule has 2 aromatic rings. The summed E-state index contributed by atoms with van der Waals surface area (Å²) in [6.07, 6.45) is 1.90. The van der Waals surface area contributed by atoms with Crippen LogP contribution >= 0.6 is 27.3 Å². The third-order valence-electron chi connectivity index (χ3n) is 3.35. The van der Waals surface area contributed by atoms with Crippen LogP contribution < -0.4 is 5.32 Å². The molecule has 2 rings (SSSR count). The van der Waals surface area contributed by atoms with Crippen molar-refractivity contribution < 1.29 is 0 Å². The van der Waals surface area contributed by atoms with Gasteiger partial charge in [-0.1, -0.05) is 6.92 Å². The minimum absolute atomic E-state index is 0.343. The van der Waals surface area contributed by atoms with Crippen LogP contribution in [0.3, 0.4) is 0 Å². The van der Waals surface area contributed by atoms with Crippen molar-refractivity contribution in [3.63, 3.8) is 0 Å². The van der Waals surface area contributed by atoms with E-state index in [0.29, 0.717) is 6.04 Å². The Kier molecular flexibility index (Phi) is 4.81. The first-order chi connectivity index (χ1) is 9.06. The molecule has 5 heteroatoms. The van der Waals surface area contributed by atoms with Gasteiger partial charge in [0.25, 0.3) is 0 Å². The Morgan fingerprint density at radius 1 is 1.47 bits per heavy atom. The number of halogens is 1. The summed E-state index contributed by atoms with van der Waals surface area (Å²) >= 11 is 5.55. The maximum Gasteiger partial charge on any atom is 0.0766 e. The number of rotatable bonds is 5. The number of thiophene rings is 1. The van der Waals surface area contributed by atoms with E-state index in [-0.39, 0.29) is 0 Å². The summed E-state index contributed by atoms with van der Waals surface area (Å²) in [5.41, 5.74) is 2.39. The third kappa shape index (κ3) is 3.09. The van der Waals surface area contributed by atoms with E-state index < -0.39 is 0 Å². The summed E-state index contributed by atoms with van der Waals surface area (Å²) in [5, 5.41) is 7.97. The molecule has 104 valence electrons. The van der Waals surface area contributed by atoms with E-state index in [4.69, 9.17) is 0 Å². The van der Waals surface area contributed by atoms with Crippen LogP contribution in [-0.4, -0.2) is 16.8 Å². The molecule has 0 amide bonds. The summed E-state index contributed by atoms with van der Waals surface area (Å²) in [4.78, 5) is 2.74. The van der Waals surface area contributed by atoms with Gasteiger partial charge in [0.1, 0.15) is 0 Å². The van der Waals surface area contributed by atoms with Gasteiger partial charge in [-0.05, 0) is 48.5 Å². The first-order valence-corrected chi connectivity index (χ1v) is 8.11. The van der Waals surface area contributed by atoms with Gasteiger partial charge in [-0.25, -0.2) is 0 Å². The molecule has 0 aliphatic rings. The number of aryl methyl sites for hydroxylation is 3. The SMILES string of the molecule is CCc1nn(C)c(CC(NC)c2ccc(C)s2)c1Br. The first kappa shape index (κ1) is 14.8. The van der Waals surface area contributed by atoms with Crippen LogP contribution in [0.2, 0.25) is 0 Å². The Morgan fingerprint density at radius 3 is 2.68 bits per heavy atom. The van der Waals surface area contributed by atoms with E-state index in [1.807, 2.05) is 30.1 Å². The van der Waals surface area contributed by atoms with Crippen molar-refractivity contribution in [1.82, 2.24) is 15.1 Å². The van der Waals surface area contributed by atoms with Gasteiger partial charge in [-0.2, -0.15) is 5.10 Å². The van der Waals surface area contributed by atoms with Gasteiger partial charge in [0.15, 0.2) is 0 Å². The number of hydrogen-bond donors (Lipinski definition) is 1. The molecule has 0 spiro atoms. The first-order valence-electron chi connectivity index (χ1n) is 6.50. The molecule has 0 aliphatic heterocycles. The molecule has 0 bridgehead atoms. The molecular formula is C14H20BrN3S. The zero-order valence-corrected chi connectivity index (χ0v) is 14.2. The highest BCUT2D eigenvalue weighted by atomic mass is 79.9. The maximum atomic E-state index is 4.56. The fourth-order valence-corrected chi connectivity index (χ4v) is 3.99. The van der Waals surface area contributed by atoms with Gasteiger partial charge >= 0.3 is 0 Å². The highest BCUT2D eigenvalue weighted by molar-refractivity contribution is 9.10. The van der Waals surface area contributed by atoms with Gasteiger partial charge < -0.3 is 5.32 Å². The monoisotopic (exact) mass is 341 g/mol. The summed E-state index contributed by atoms with van der Waals surface area (Å²) in [7, 11) is 4.04. The van der Waals surface area contributed by atoms with E-state index in [0.717, 1.165) is 23.0 Å². The molecule has 0 radical (unpaired) electrons. The highest BCUT2D eigenvalue weighted by Crippen LogP contribution is 2.29. The molecule has 1 unspecified atom stereocenters. The summed E-state index contributed by atoms with van der Waals surface area (Å²) < 4.78 is 3.15. The predicted molar refractivity (Wildman–Crippen MR) is 84.8 cm³/mol. The van der Waals surface area contributed by atoms with Crippen molar-refractivity contribution in [1.29, 1.82) is 0 Å². The van der Waals surface area contributed by atoms with Crippen LogP contribution in [0.15, 0.2) is 16.6 Å². The van der Waals surface area contributed by atoms with Gasteiger partial charge in [0, 0.05) is 29.3 Å². The van der Waals surface area contributed by atoms with Crippen molar-refractivity contribution >= 4 is 27.3 Å². The van der Waals surface area contributed by atoms with Crippen molar-refractivity contribution in [2.45, 2.75) is 32.7 Å².